The molecule has 1 aromatic rings. The monoisotopic (exact) mass is 374 g/mol. The highest BCUT2D eigenvalue weighted by molar-refractivity contribution is 9.10. The molecule has 2 rings (SSSR count). The average Bonchev–Trinajstić information content (AvgIpc) is 2.54. The van der Waals surface area contributed by atoms with Crippen molar-refractivity contribution in [3.8, 4) is 0 Å². The van der Waals surface area contributed by atoms with Crippen LogP contribution in [0.2, 0.25) is 0 Å². The minimum atomic E-state index is -0.124. The summed E-state index contributed by atoms with van der Waals surface area (Å²) in [5.41, 5.74) is 1.08. The van der Waals surface area contributed by atoms with Crippen LogP contribution in [0.25, 0.3) is 0 Å². The Morgan fingerprint density at radius 3 is 1.91 bits per heavy atom. The normalized spacial score (nSPS) is 23.4. The van der Waals surface area contributed by atoms with Gasteiger partial charge in [0, 0.05) is 4.47 Å². The fourth-order valence-electron chi connectivity index (χ4n) is 2.06. The van der Waals surface area contributed by atoms with Crippen LogP contribution in [-0.2, 0) is 23.7 Å². The fourth-order valence-corrected chi connectivity index (χ4v) is 2.60. The second kappa shape index (κ2) is 11.1. The third kappa shape index (κ3) is 6.73. The van der Waals surface area contributed by atoms with Crippen LogP contribution in [0.15, 0.2) is 28.7 Å². The lowest BCUT2D eigenvalue weighted by Crippen LogP contribution is -2.17. The van der Waals surface area contributed by atoms with Gasteiger partial charge < -0.3 is 23.7 Å². The lowest BCUT2D eigenvalue weighted by molar-refractivity contribution is -0.0474. The maximum Gasteiger partial charge on any atom is 0.107 e. The molecule has 1 fully saturated rings. The van der Waals surface area contributed by atoms with E-state index in [0.29, 0.717) is 59.5 Å². The standard InChI is InChI=1S/C16H23BrO5/c17-15-4-2-1-3-14(15)16-13-21-10-9-19-6-5-18-7-8-20-11-12-22-16/h1-4,16H,5-13H2. The van der Waals surface area contributed by atoms with Gasteiger partial charge in [-0.3, -0.25) is 0 Å². The summed E-state index contributed by atoms with van der Waals surface area (Å²) in [6, 6.07) is 8.02. The minimum Gasteiger partial charge on any atom is -0.377 e. The van der Waals surface area contributed by atoms with Gasteiger partial charge >= 0.3 is 0 Å². The van der Waals surface area contributed by atoms with Crippen molar-refractivity contribution >= 4 is 15.9 Å². The lowest BCUT2D eigenvalue weighted by Gasteiger charge is -2.20. The first-order valence-electron chi connectivity index (χ1n) is 7.55. The molecule has 0 spiro atoms. The molecule has 1 atom stereocenters. The maximum atomic E-state index is 5.92. The van der Waals surface area contributed by atoms with Crippen LogP contribution < -0.4 is 0 Å². The van der Waals surface area contributed by atoms with Gasteiger partial charge in [-0.2, -0.15) is 0 Å². The summed E-state index contributed by atoms with van der Waals surface area (Å²) in [7, 11) is 0. The second-order valence-electron chi connectivity index (χ2n) is 4.79. The molecule has 0 aliphatic carbocycles. The van der Waals surface area contributed by atoms with Gasteiger partial charge in [0.05, 0.1) is 59.5 Å². The SMILES string of the molecule is Brc1ccccc1C1COCCOCCOCCOCCO1. The van der Waals surface area contributed by atoms with Crippen molar-refractivity contribution in [2.45, 2.75) is 6.10 Å². The molecule has 0 N–H and O–H groups in total. The van der Waals surface area contributed by atoms with Gasteiger partial charge in [-0.25, -0.2) is 0 Å². The molecule has 0 aromatic heterocycles. The van der Waals surface area contributed by atoms with Crippen molar-refractivity contribution in [1.82, 2.24) is 0 Å². The van der Waals surface area contributed by atoms with E-state index in [-0.39, 0.29) is 6.10 Å². The lowest BCUT2D eigenvalue weighted by atomic mass is 10.1. The zero-order valence-electron chi connectivity index (χ0n) is 12.7. The summed E-state index contributed by atoms with van der Waals surface area (Å²) in [5.74, 6) is 0. The molecule has 1 saturated heterocycles. The Balaban J connectivity index is 1.89. The van der Waals surface area contributed by atoms with Gasteiger partial charge in [-0.05, 0) is 11.6 Å². The predicted molar refractivity (Wildman–Crippen MR) is 86.1 cm³/mol. The highest BCUT2D eigenvalue weighted by Gasteiger charge is 2.15. The highest BCUT2D eigenvalue weighted by Crippen LogP contribution is 2.26. The van der Waals surface area contributed by atoms with E-state index in [1.807, 2.05) is 24.3 Å². The smallest absolute Gasteiger partial charge is 0.107 e. The topological polar surface area (TPSA) is 46.2 Å². The van der Waals surface area contributed by atoms with Gasteiger partial charge in [0.1, 0.15) is 6.10 Å². The first-order valence-corrected chi connectivity index (χ1v) is 8.34. The van der Waals surface area contributed by atoms with Gasteiger partial charge in [0.2, 0.25) is 0 Å². The molecule has 1 aromatic carbocycles. The van der Waals surface area contributed by atoms with Crippen LogP contribution in [0.5, 0.6) is 0 Å². The molecule has 124 valence electrons. The molecular weight excluding hydrogens is 352 g/mol. The predicted octanol–water partition coefficient (Wildman–Crippen LogP) is 2.59. The van der Waals surface area contributed by atoms with Crippen molar-refractivity contribution < 1.29 is 23.7 Å². The summed E-state index contributed by atoms with van der Waals surface area (Å²) >= 11 is 3.56. The second-order valence-corrected chi connectivity index (χ2v) is 5.65. The molecule has 0 saturated carbocycles. The Hall–Kier alpha value is -0.500. The van der Waals surface area contributed by atoms with E-state index in [9.17, 15) is 0 Å². The van der Waals surface area contributed by atoms with Crippen LogP contribution in [0.1, 0.15) is 11.7 Å². The molecular formula is C16H23BrO5. The molecule has 22 heavy (non-hydrogen) atoms. The Morgan fingerprint density at radius 2 is 1.27 bits per heavy atom. The summed E-state index contributed by atoms with van der Waals surface area (Å²) in [6.45, 7) is 4.96. The molecule has 1 heterocycles. The highest BCUT2D eigenvalue weighted by atomic mass is 79.9. The zero-order valence-corrected chi connectivity index (χ0v) is 14.3. The molecule has 1 unspecified atom stereocenters. The number of benzene rings is 1. The maximum absolute atomic E-state index is 5.92. The first kappa shape index (κ1) is 17.8. The molecule has 0 amide bonds. The van der Waals surface area contributed by atoms with Crippen LogP contribution in [0.3, 0.4) is 0 Å². The molecule has 1 aliphatic heterocycles. The number of rotatable bonds is 1. The summed E-state index contributed by atoms with van der Waals surface area (Å²) in [6.07, 6.45) is -0.124. The Morgan fingerprint density at radius 1 is 0.727 bits per heavy atom. The van der Waals surface area contributed by atoms with E-state index in [0.717, 1.165) is 10.0 Å². The minimum absolute atomic E-state index is 0.124. The summed E-state index contributed by atoms with van der Waals surface area (Å²) in [4.78, 5) is 0. The largest absolute Gasteiger partial charge is 0.377 e. The Labute approximate surface area is 140 Å². The Kier molecular flexibility index (Phi) is 9.01. The van der Waals surface area contributed by atoms with Crippen molar-refractivity contribution in [2.75, 3.05) is 59.5 Å². The summed E-state index contributed by atoms with van der Waals surface area (Å²) < 4.78 is 28.9. The van der Waals surface area contributed by atoms with Crippen molar-refractivity contribution in [3.63, 3.8) is 0 Å². The van der Waals surface area contributed by atoms with E-state index < -0.39 is 0 Å². The third-order valence-electron chi connectivity index (χ3n) is 3.18. The van der Waals surface area contributed by atoms with Crippen LogP contribution in [0, 0.1) is 0 Å². The first-order chi connectivity index (χ1) is 10.9. The van der Waals surface area contributed by atoms with Gasteiger partial charge in [-0.15, -0.1) is 0 Å². The third-order valence-corrected chi connectivity index (χ3v) is 3.91. The van der Waals surface area contributed by atoms with Crippen molar-refractivity contribution in [2.24, 2.45) is 0 Å². The van der Waals surface area contributed by atoms with Crippen LogP contribution in [-0.4, -0.2) is 59.5 Å². The van der Waals surface area contributed by atoms with E-state index in [4.69, 9.17) is 23.7 Å². The summed E-state index contributed by atoms with van der Waals surface area (Å²) in [5, 5.41) is 0. The Bertz CT molecular complexity index is 399. The number of hydrogen-bond donors (Lipinski definition) is 0. The van der Waals surface area contributed by atoms with Crippen LogP contribution >= 0.6 is 15.9 Å². The van der Waals surface area contributed by atoms with Crippen molar-refractivity contribution in [1.29, 1.82) is 0 Å². The van der Waals surface area contributed by atoms with Gasteiger partial charge in [0.15, 0.2) is 0 Å². The van der Waals surface area contributed by atoms with E-state index in [1.54, 1.807) is 0 Å². The number of hydrogen-bond acceptors (Lipinski definition) is 5. The van der Waals surface area contributed by atoms with Crippen molar-refractivity contribution in [3.05, 3.63) is 34.3 Å². The molecule has 6 heteroatoms. The zero-order chi connectivity index (χ0) is 15.5. The van der Waals surface area contributed by atoms with E-state index >= 15 is 0 Å². The van der Waals surface area contributed by atoms with Gasteiger partial charge in [0.25, 0.3) is 0 Å². The number of ether oxygens (including phenoxy) is 5. The molecule has 5 nitrogen and oxygen atoms in total. The molecule has 0 radical (unpaired) electrons. The van der Waals surface area contributed by atoms with E-state index in [1.165, 1.54) is 0 Å². The number of halogens is 1. The fraction of sp³-hybridized carbons (Fsp3) is 0.625. The van der Waals surface area contributed by atoms with E-state index in [2.05, 4.69) is 15.9 Å². The molecule has 1 aliphatic rings. The average molecular weight is 375 g/mol. The quantitative estimate of drug-likeness (QED) is 0.755. The van der Waals surface area contributed by atoms with Crippen LogP contribution in [0.4, 0.5) is 0 Å². The molecule has 0 bridgehead atoms. The van der Waals surface area contributed by atoms with Gasteiger partial charge in [-0.1, -0.05) is 34.1 Å².